The minimum atomic E-state index is 0.958. The number of hydrogen-bond acceptors (Lipinski definition) is 0. The fourth-order valence-electron chi connectivity index (χ4n) is 2.91. The van der Waals surface area contributed by atoms with Crippen LogP contribution in [0, 0.1) is 9.49 Å². The Labute approximate surface area is 119 Å². The molecule has 0 nitrogen and oxygen atoms in total. The maximum Gasteiger partial charge on any atom is 0.0133 e. The quantitative estimate of drug-likeness (QED) is 0.499. The molecule has 1 aliphatic rings. The van der Waals surface area contributed by atoms with Crippen molar-refractivity contribution in [2.24, 2.45) is 5.92 Å². The minimum Gasteiger partial charge on any atom is -0.0654 e. The summed E-state index contributed by atoms with van der Waals surface area (Å²) in [4.78, 5) is 0. The third-order valence-electron chi connectivity index (χ3n) is 3.96. The van der Waals surface area contributed by atoms with Gasteiger partial charge in [0.1, 0.15) is 0 Å². The molecule has 17 heavy (non-hydrogen) atoms. The number of benzene rings is 1. The van der Waals surface area contributed by atoms with E-state index in [1.165, 1.54) is 54.9 Å². The molecule has 0 amide bonds. The molecule has 2 rings (SSSR count). The van der Waals surface area contributed by atoms with Crippen LogP contribution in [0.25, 0.3) is 0 Å². The van der Waals surface area contributed by atoms with Gasteiger partial charge in [-0.3, -0.25) is 0 Å². The van der Waals surface area contributed by atoms with E-state index >= 15 is 0 Å². The Kier molecular flexibility index (Phi) is 5.33. The largest absolute Gasteiger partial charge is 0.0654 e. The predicted octanol–water partition coefficient (Wildman–Crippen LogP) is 5.37. The van der Waals surface area contributed by atoms with Crippen molar-refractivity contribution in [1.82, 2.24) is 0 Å². The molecule has 0 aromatic heterocycles. The Balaban J connectivity index is 1.84. The van der Waals surface area contributed by atoms with Crippen LogP contribution in [0.1, 0.15) is 56.6 Å². The van der Waals surface area contributed by atoms with E-state index in [-0.39, 0.29) is 0 Å². The van der Waals surface area contributed by atoms with Crippen molar-refractivity contribution in [3.05, 3.63) is 32.9 Å². The van der Waals surface area contributed by atoms with Gasteiger partial charge in [0, 0.05) is 3.57 Å². The van der Waals surface area contributed by atoms with Crippen molar-refractivity contribution >= 4 is 22.6 Å². The van der Waals surface area contributed by atoms with Crippen LogP contribution in [-0.2, 0) is 12.8 Å². The van der Waals surface area contributed by atoms with Crippen LogP contribution >= 0.6 is 22.6 Å². The first-order chi connectivity index (χ1) is 8.29. The van der Waals surface area contributed by atoms with E-state index in [0.29, 0.717) is 0 Å². The Hall–Kier alpha value is -0.0500. The number of fused-ring (bicyclic) bond motifs is 1. The second-order valence-corrected chi connectivity index (χ2v) is 6.62. The molecular formula is C16H23I. The van der Waals surface area contributed by atoms with E-state index in [4.69, 9.17) is 0 Å². The smallest absolute Gasteiger partial charge is 0.0133 e. The summed E-state index contributed by atoms with van der Waals surface area (Å²) in [6, 6.07) is 7.00. The van der Waals surface area contributed by atoms with Crippen molar-refractivity contribution in [2.45, 2.75) is 58.3 Å². The molecular weight excluding hydrogens is 319 g/mol. The second kappa shape index (κ2) is 6.77. The molecule has 0 N–H and O–H groups in total. The molecule has 1 heteroatoms. The van der Waals surface area contributed by atoms with E-state index in [9.17, 15) is 0 Å². The van der Waals surface area contributed by atoms with Gasteiger partial charge >= 0.3 is 0 Å². The number of unbranched alkanes of at least 4 members (excludes halogenated alkanes) is 3. The average molecular weight is 342 g/mol. The summed E-state index contributed by atoms with van der Waals surface area (Å²) >= 11 is 2.42. The topological polar surface area (TPSA) is 0 Å². The van der Waals surface area contributed by atoms with E-state index in [2.05, 4.69) is 47.7 Å². The maximum absolute atomic E-state index is 2.42. The first-order valence-electron chi connectivity index (χ1n) is 7.07. The highest BCUT2D eigenvalue weighted by molar-refractivity contribution is 14.1. The zero-order valence-corrected chi connectivity index (χ0v) is 13.0. The zero-order valence-electron chi connectivity index (χ0n) is 10.8. The van der Waals surface area contributed by atoms with Crippen LogP contribution in [0.2, 0.25) is 0 Å². The summed E-state index contributed by atoms with van der Waals surface area (Å²) in [5.74, 6) is 0.958. The standard InChI is InChI=1S/C16H23I/c1-2-3-4-5-6-13-7-8-15-12-16(17)10-9-14(15)11-13/h9-10,12-13H,2-8,11H2,1H3/t13-/m1/s1. The normalized spacial score (nSPS) is 19.1. The first kappa shape index (κ1) is 13.4. The number of halogens is 1. The van der Waals surface area contributed by atoms with Crippen LogP contribution in [-0.4, -0.2) is 0 Å². The lowest BCUT2D eigenvalue weighted by atomic mass is 9.81. The molecule has 0 unspecified atom stereocenters. The maximum atomic E-state index is 2.42. The predicted molar refractivity (Wildman–Crippen MR) is 83.4 cm³/mol. The minimum absolute atomic E-state index is 0.958. The van der Waals surface area contributed by atoms with E-state index in [1.54, 1.807) is 11.1 Å². The highest BCUT2D eigenvalue weighted by atomic mass is 127. The highest BCUT2D eigenvalue weighted by Crippen LogP contribution is 2.29. The van der Waals surface area contributed by atoms with Crippen molar-refractivity contribution < 1.29 is 0 Å². The van der Waals surface area contributed by atoms with Gasteiger partial charge in [0.25, 0.3) is 0 Å². The molecule has 0 aliphatic heterocycles. The summed E-state index contributed by atoms with van der Waals surface area (Å²) in [5, 5.41) is 0. The van der Waals surface area contributed by atoms with Gasteiger partial charge in [0.2, 0.25) is 0 Å². The van der Waals surface area contributed by atoms with Crippen LogP contribution in [0.3, 0.4) is 0 Å². The Bertz CT molecular complexity index is 357. The summed E-state index contributed by atoms with van der Waals surface area (Å²) < 4.78 is 1.39. The molecule has 0 spiro atoms. The molecule has 1 aliphatic carbocycles. The molecule has 1 aromatic rings. The Morgan fingerprint density at radius 2 is 2.06 bits per heavy atom. The summed E-state index contributed by atoms with van der Waals surface area (Å²) in [5.41, 5.74) is 3.24. The molecule has 0 saturated carbocycles. The van der Waals surface area contributed by atoms with Gasteiger partial charge in [0.05, 0.1) is 0 Å². The van der Waals surface area contributed by atoms with Gasteiger partial charge in [0.15, 0.2) is 0 Å². The summed E-state index contributed by atoms with van der Waals surface area (Å²) in [7, 11) is 0. The summed E-state index contributed by atoms with van der Waals surface area (Å²) in [6.45, 7) is 2.29. The molecule has 1 atom stereocenters. The van der Waals surface area contributed by atoms with Crippen LogP contribution in [0.4, 0.5) is 0 Å². The van der Waals surface area contributed by atoms with Crippen molar-refractivity contribution in [2.75, 3.05) is 0 Å². The zero-order chi connectivity index (χ0) is 12.1. The number of hydrogen-bond donors (Lipinski definition) is 0. The monoisotopic (exact) mass is 342 g/mol. The SMILES string of the molecule is CCCCCC[C@@H]1CCc2cc(I)ccc2C1. The molecule has 0 radical (unpaired) electrons. The third kappa shape index (κ3) is 3.97. The van der Waals surface area contributed by atoms with Gasteiger partial charge in [-0.15, -0.1) is 0 Å². The van der Waals surface area contributed by atoms with Crippen molar-refractivity contribution in [3.8, 4) is 0 Å². The van der Waals surface area contributed by atoms with Crippen LogP contribution < -0.4 is 0 Å². The highest BCUT2D eigenvalue weighted by Gasteiger charge is 2.18. The average Bonchev–Trinajstić information content (AvgIpc) is 2.35. The van der Waals surface area contributed by atoms with Gasteiger partial charge in [-0.2, -0.15) is 0 Å². The molecule has 0 bridgehead atoms. The Morgan fingerprint density at radius 1 is 1.18 bits per heavy atom. The first-order valence-corrected chi connectivity index (χ1v) is 8.14. The fraction of sp³-hybridized carbons (Fsp3) is 0.625. The molecule has 0 saturated heterocycles. The van der Waals surface area contributed by atoms with Crippen molar-refractivity contribution in [3.63, 3.8) is 0 Å². The number of aryl methyl sites for hydroxylation is 1. The molecule has 0 fully saturated rings. The lowest BCUT2D eigenvalue weighted by Gasteiger charge is -2.24. The van der Waals surface area contributed by atoms with Gasteiger partial charge < -0.3 is 0 Å². The summed E-state index contributed by atoms with van der Waals surface area (Å²) in [6.07, 6.45) is 11.2. The fourth-order valence-corrected chi connectivity index (χ4v) is 3.46. The number of rotatable bonds is 5. The third-order valence-corrected chi connectivity index (χ3v) is 4.64. The van der Waals surface area contributed by atoms with Crippen LogP contribution in [0.5, 0.6) is 0 Å². The second-order valence-electron chi connectivity index (χ2n) is 5.37. The van der Waals surface area contributed by atoms with Gasteiger partial charge in [-0.25, -0.2) is 0 Å². The van der Waals surface area contributed by atoms with E-state index < -0.39 is 0 Å². The van der Waals surface area contributed by atoms with E-state index in [0.717, 1.165) is 5.92 Å². The van der Waals surface area contributed by atoms with Crippen molar-refractivity contribution in [1.29, 1.82) is 0 Å². The lowest BCUT2D eigenvalue weighted by Crippen LogP contribution is -2.14. The van der Waals surface area contributed by atoms with E-state index in [1.807, 2.05) is 0 Å². The lowest BCUT2D eigenvalue weighted by molar-refractivity contribution is 0.406. The molecule has 1 aromatic carbocycles. The van der Waals surface area contributed by atoms with Crippen LogP contribution in [0.15, 0.2) is 18.2 Å². The Morgan fingerprint density at radius 3 is 2.88 bits per heavy atom. The molecule has 0 heterocycles. The molecule has 94 valence electrons. The van der Waals surface area contributed by atoms with Gasteiger partial charge in [-0.05, 0) is 71.0 Å². The van der Waals surface area contributed by atoms with Gasteiger partial charge in [-0.1, -0.05) is 45.1 Å².